The van der Waals surface area contributed by atoms with Gasteiger partial charge in [0.05, 0.1) is 0 Å². The van der Waals surface area contributed by atoms with Gasteiger partial charge in [0.15, 0.2) is 0 Å². The summed E-state index contributed by atoms with van der Waals surface area (Å²) in [5, 5.41) is 3.11. The number of hydrogen-bond donors (Lipinski definition) is 0. The normalized spacial score (nSPS) is 11.0. The van der Waals surface area contributed by atoms with Crippen molar-refractivity contribution in [3.05, 3.63) is 35.4 Å². The fourth-order valence-electron chi connectivity index (χ4n) is 1.77. The molecule has 0 spiro atoms. The summed E-state index contributed by atoms with van der Waals surface area (Å²) in [5.74, 6) is 0.847. The van der Waals surface area contributed by atoms with Gasteiger partial charge in [-0.3, -0.25) is 0 Å². The van der Waals surface area contributed by atoms with Crippen LogP contribution < -0.4 is 4.39 Å². The SMILES string of the molecule is COCOc1c[c]([K])c2c(Cl)cccc2c1.F[B-](F)(F)F. The van der Waals surface area contributed by atoms with E-state index in [9.17, 15) is 17.3 Å². The minimum Gasteiger partial charge on any atom is -0.418 e. The third-order valence-corrected chi connectivity index (χ3v) is 3.99. The van der Waals surface area contributed by atoms with E-state index in [0.29, 0.717) is 49.0 Å². The predicted molar refractivity (Wildman–Crippen MR) is 77.0 cm³/mol. The van der Waals surface area contributed by atoms with Gasteiger partial charge < -0.3 is 17.3 Å². The Labute approximate surface area is 158 Å². The summed E-state index contributed by atoms with van der Waals surface area (Å²) in [6.45, 7) is 0.276. The molecule has 2 rings (SSSR count). The van der Waals surface area contributed by atoms with Crippen molar-refractivity contribution in [3.8, 4) is 5.75 Å². The van der Waals surface area contributed by atoms with Gasteiger partial charge in [-0.25, -0.2) is 0 Å². The molecule has 0 aromatic heterocycles. The fraction of sp³-hybridized carbons (Fsp3) is 0.167. The Kier molecular flexibility index (Phi) is 7.97. The number of hydrogen-bond acceptors (Lipinski definition) is 2. The Morgan fingerprint density at radius 2 is 1.81 bits per heavy atom. The van der Waals surface area contributed by atoms with E-state index in [-0.39, 0.29) is 6.79 Å². The number of ether oxygens (including phenoxy) is 2. The third-order valence-electron chi connectivity index (χ3n) is 2.44. The summed E-state index contributed by atoms with van der Waals surface area (Å²) < 4.78 is 50.6. The zero-order valence-electron chi connectivity index (χ0n) is 11.4. The number of rotatable bonds is 3. The van der Waals surface area contributed by atoms with Crippen LogP contribution in [0.15, 0.2) is 30.3 Å². The zero-order chi connectivity index (χ0) is 16.0. The molecule has 0 saturated carbocycles. The van der Waals surface area contributed by atoms with Gasteiger partial charge in [0, 0.05) is 0 Å². The molecule has 0 radical (unpaired) electrons. The maximum absolute atomic E-state index is 9.75. The Bertz CT molecular complexity index is 604. The summed E-state index contributed by atoms with van der Waals surface area (Å²) in [6.07, 6.45) is 0. The molecule has 0 N–H and O–H groups in total. The molecule has 110 valence electrons. The number of benzene rings is 2. The Morgan fingerprint density at radius 1 is 1.19 bits per heavy atom. The molecule has 2 nitrogen and oxygen atoms in total. The summed E-state index contributed by atoms with van der Waals surface area (Å²) in [7, 11) is -4.39. The number of methoxy groups -OCH3 is 1. The average molecular weight is 348 g/mol. The maximum Gasteiger partial charge on any atom is 0.673 e. The van der Waals surface area contributed by atoms with Crippen LogP contribution in [0.5, 0.6) is 5.75 Å². The Hall–Kier alpha value is 0.171. The second kappa shape index (κ2) is 8.71. The molecular weight excluding hydrogens is 337 g/mol. The van der Waals surface area contributed by atoms with Gasteiger partial charge in [0.2, 0.25) is 0 Å². The van der Waals surface area contributed by atoms with Crippen molar-refractivity contribution < 1.29 is 26.7 Å². The van der Waals surface area contributed by atoms with Crippen LogP contribution in [0, 0.1) is 0 Å². The molecule has 21 heavy (non-hydrogen) atoms. The summed E-state index contributed by atoms with van der Waals surface area (Å²) in [5.41, 5.74) is 0. The van der Waals surface area contributed by atoms with Crippen molar-refractivity contribution in [3.63, 3.8) is 0 Å². The fourth-order valence-corrected chi connectivity index (χ4v) is 3.66. The van der Waals surface area contributed by atoms with E-state index in [1.807, 2.05) is 24.3 Å². The van der Waals surface area contributed by atoms with E-state index in [0.717, 1.165) is 21.5 Å². The molecule has 0 heterocycles. The van der Waals surface area contributed by atoms with E-state index in [4.69, 9.17) is 21.1 Å². The third kappa shape index (κ3) is 7.32. The molecule has 0 bridgehead atoms. The maximum atomic E-state index is 9.75. The molecule has 0 saturated heterocycles. The van der Waals surface area contributed by atoms with Gasteiger partial charge >= 0.3 is 143 Å². The van der Waals surface area contributed by atoms with Crippen molar-refractivity contribution >= 4 is 78.2 Å². The van der Waals surface area contributed by atoms with Crippen molar-refractivity contribution in [2.24, 2.45) is 0 Å². The number of halogens is 5. The smallest absolute Gasteiger partial charge is 0.418 e. The van der Waals surface area contributed by atoms with Crippen LogP contribution in [0.3, 0.4) is 0 Å². The van der Waals surface area contributed by atoms with Crippen LogP contribution >= 0.6 is 11.6 Å². The molecule has 0 aliphatic rings. The molecular formula is C12H10BClF4KO2-. The van der Waals surface area contributed by atoms with Gasteiger partial charge in [-0.15, -0.1) is 0 Å². The first kappa shape index (κ1) is 19.2. The summed E-state index contributed by atoms with van der Waals surface area (Å²) in [6, 6.07) is 9.98. The van der Waals surface area contributed by atoms with Crippen molar-refractivity contribution in [2.75, 3.05) is 13.9 Å². The quantitative estimate of drug-likeness (QED) is 0.480. The van der Waals surface area contributed by atoms with Crippen LogP contribution in [-0.2, 0) is 4.74 Å². The topological polar surface area (TPSA) is 18.5 Å². The molecule has 0 aliphatic carbocycles. The van der Waals surface area contributed by atoms with Gasteiger partial charge in [-0.1, -0.05) is 0 Å². The van der Waals surface area contributed by atoms with E-state index < -0.39 is 7.25 Å². The number of fused-ring (bicyclic) bond motifs is 1. The zero-order valence-corrected chi connectivity index (χ0v) is 15.3. The largest absolute Gasteiger partial charge is 0.673 e. The molecule has 0 unspecified atom stereocenters. The molecule has 0 atom stereocenters. The molecule has 0 fully saturated rings. The van der Waals surface area contributed by atoms with Gasteiger partial charge in [0.25, 0.3) is 0 Å². The molecule has 9 heteroatoms. The van der Waals surface area contributed by atoms with Crippen LogP contribution in [0.1, 0.15) is 0 Å². The van der Waals surface area contributed by atoms with Gasteiger partial charge in [-0.05, 0) is 0 Å². The second-order valence-electron chi connectivity index (χ2n) is 4.12. The van der Waals surface area contributed by atoms with Crippen molar-refractivity contribution in [1.82, 2.24) is 0 Å². The van der Waals surface area contributed by atoms with E-state index >= 15 is 0 Å². The van der Waals surface area contributed by atoms with Crippen molar-refractivity contribution in [1.29, 1.82) is 0 Å². The predicted octanol–water partition coefficient (Wildman–Crippen LogP) is 3.57. The Balaban J connectivity index is 0.000000383. The van der Waals surface area contributed by atoms with E-state index in [1.165, 1.54) is -0.342 Å². The monoisotopic (exact) mass is 347 g/mol. The van der Waals surface area contributed by atoms with Crippen LogP contribution in [0.2, 0.25) is 5.02 Å². The van der Waals surface area contributed by atoms with Crippen LogP contribution in [0.4, 0.5) is 17.3 Å². The summed E-state index contributed by atoms with van der Waals surface area (Å²) >= 11 is 6.74. The van der Waals surface area contributed by atoms with Crippen LogP contribution in [-0.4, -0.2) is 70.1 Å². The van der Waals surface area contributed by atoms with E-state index in [1.54, 1.807) is 7.11 Å². The molecule has 2 aromatic rings. The van der Waals surface area contributed by atoms with E-state index in [2.05, 4.69) is 6.07 Å². The average Bonchev–Trinajstić information content (AvgIpc) is 2.34. The van der Waals surface area contributed by atoms with Gasteiger partial charge in [0.1, 0.15) is 0 Å². The molecule has 0 aliphatic heterocycles. The van der Waals surface area contributed by atoms with Crippen molar-refractivity contribution in [2.45, 2.75) is 0 Å². The standard InChI is InChI=1S/C12H10ClO2.BF4.K/c1-14-8-15-10-5-6-11-9(7-10)3-2-4-12(11)13;2-1(3,4)5;/h2-5,7H,8H2,1H3;;/q;-1;. The Morgan fingerprint density at radius 3 is 2.38 bits per heavy atom. The first-order valence-electron chi connectivity index (χ1n) is 5.90. The second-order valence-corrected chi connectivity index (χ2v) is 6.21. The van der Waals surface area contributed by atoms with Crippen LogP contribution in [0.25, 0.3) is 10.8 Å². The first-order valence-corrected chi connectivity index (χ1v) is 7.84. The summed E-state index contributed by atoms with van der Waals surface area (Å²) in [4.78, 5) is 0. The minimum absolute atomic E-state index is 0.276. The van der Waals surface area contributed by atoms with Gasteiger partial charge in [-0.2, -0.15) is 0 Å². The minimum atomic E-state index is -6.00. The molecule has 2 aromatic carbocycles. The molecule has 0 amide bonds. The first-order chi connectivity index (χ1) is 9.72.